The van der Waals surface area contributed by atoms with E-state index in [0.29, 0.717) is 34.4 Å². The lowest BCUT2D eigenvalue weighted by Crippen LogP contribution is -2.36. The quantitative estimate of drug-likeness (QED) is 0.122. The second-order valence-corrected chi connectivity index (χ2v) is 10.3. The number of amides is 3. The Morgan fingerprint density at radius 2 is 1.81 bits per heavy atom. The Bertz CT molecular complexity index is 1630. The van der Waals surface area contributed by atoms with Crippen molar-refractivity contribution in [1.82, 2.24) is 4.90 Å². The summed E-state index contributed by atoms with van der Waals surface area (Å²) >= 11 is 6.74. The number of thioether (sulfide) groups is 1. The average Bonchev–Trinajstić information content (AvgIpc) is 3.24. The molecular weight excluding hydrogens is 602 g/mol. The maximum atomic E-state index is 13.0. The Kier molecular flexibility index (Phi) is 10.0. The van der Waals surface area contributed by atoms with Crippen molar-refractivity contribution in [3.8, 4) is 11.5 Å². The lowest BCUT2D eigenvalue weighted by atomic mass is 10.1. The highest BCUT2D eigenvalue weighted by Gasteiger charge is 2.36. The van der Waals surface area contributed by atoms with E-state index in [2.05, 4.69) is 5.32 Å². The number of imide groups is 1. The molecular formula is C29H24ClN3O9S. The van der Waals surface area contributed by atoms with E-state index < -0.39 is 34.5 Å². The van der Waals surface area contributed by atoms with Crippen molar-refractivity contribution in [2.45, 2.75) is 13.5 Å². The van der Waals surface area contributed by atoms with Gasteiger partial charge in [-0.2, -0.15) is 0 Å². The molecule has 1 fully saturated rings. The summed E-state index contributed by atoms with van der Waals surface area (Å²) in [5, 5.41) is 12.9. The van der Waals surface area contributed by atoms with Crippen LogP contribution in [0.1, 0.15) is 28.4 Å². The van der Waals surface area contributed by atoms with Crippen molar-refractivity contribution in [1.29, 1.82) is 0 Å². The van der Waals surface area contributed by atoms with Crippen molar-refractivity contribution in [3.05, 3.63) is 97.4 Å². The predicted molar refractivity (Wildman–Crippen MR) is 159 cm³/mol. The molecule has 14 heteroatoms. The number of esters is 1. The molecule has 0 atom stereocenters. The number of benzene rings is 3. The molecule has 43 heavy (non-hydrogen) atoms. The van der Waals surface area contributed by atoms with E-state index in [1.54, 1.807) is 37.3 Å². The number of hydrogen-bond donors (Lipinski definition) is 1. The van der Waals surface area contributed by atoms with Crippen LogP contribution in [0.2, 0.25) is 5.02 Å². The van der Waals surface area contributed by atoms with E-state index in [4.69, 9.17) is 25.8 Å². The molecule has 1 N–H and O–H groups in total. The Labute approximate surface area is 254 Å². The Morgan fingerprint density at radius 3 is 2.49 bits per heavy atom. The Morgan fingerprint density at radius 1 is 1.07 bits per heavy atom. The number of nitro benzene ring substituents is 1. The average molecular weight is 626 g/mol. The third kappa shape index (κ3) is 7.70. The topological polar surface area (TPSA) is 154 Å². The van der Waals surface area contributed by atoms with Gasteiger partial charge in [0.25, 0.3) is 16.8 Å². The molecule has 222 valence electrons. The summed E-state index contributed by atoms with van der Waals surface area (Å²) in [5.74, 6) is -1.20. The lowest BCUT2D eigenvalue weighted by Gasteiger charge is -2.13. The standard InChI is InChI=1S/C29H24ClN3O9S/c1-3-41-28(36)21-14-19(7-10-22(21)30)31-26(34)15-32-27(35)25(43-29(32)37)13-18-6-11-23(24(12-18)40-2)42-16-17-4-8-20(9-5-17)33(38)39/h4-14H,3,15-16H2,1-2H3,(H,31,34)/b25-13+. The molecule has 0 saturated carbocycles. The molecule has 0 aliphatic carbocycles. The first kappa shape index (κ1) is 31.1. The van der Waals surface area contributed by atoms with Gasteiger partial charge in [-0.25, -0.2) is 4.79 Å². The highest BCUT2D eigenvalue weighted by atomic mass is 35.5. The third-order valence-electron chi connectivity index (χ3n) is 5.95. The SMILES string of the molecule is CCOC(=O)c1cc(NC(=O)CN2C(=O)S/C(=C/c3ccc(OCc4ccc([N+](=O)[O-])cc4)c(OC)c3)C2=O)ccc1Cl. The van der Waals surface area contributed by atoms with Crippen molar-refractivity contribution < 1.29 is 38.3 Å². The summed E-state index contributed by atoms with van der Waals surface area (Å²) in [6.45, 7) is 1.38. The second-order valence-electron chi connectivity index (χ2n) is 8.85. The van der Waals surface area contributed by atoms with Gasteiger partial charge in [0.2, 0.25) is 5.91 Å². The van der Waals surface area contributed by atoms with Crippen LogP contribution in [-0.2, 0) is 20.9 Å². The van der Waals surface area contributed by atoms with Crippen LogP contribution in [0.5, 0.6) is 11.5 Å². The number of anilines is 1. The molecule has 4 rings (SSSR count). The Balaban J connectivity index is 1.40. The monoisotopic (exact) mass is 625 g/mol. The molecule has 0 bridgehead atoms. The van der Waals surface area contributed by atoms with Crippen molar-refractivity contribution >= 4 is 63.8 Å². The third-order valence-corrected chi connectivity index (χ3v) is 7.18. The van der Waals surface area contributed by atoms with Gasteiger partial charge in [-0.05, 0) is 78.4 Å². The number of halogens is 1. The first-order valence-corrected chi connectivity index (χ1v) is 13.8. The minimum Gasteiger partial charge on any atom is -0.493 e. The number of rotatable bonds is 11. The summed E-state index contributed by atoms with van der Waals surface area (Å²) in [4.78, 5) is 61.5. The number of methoxy groups -OCH3 is 1. The molecule has 0 spiro atoms. The maximum Gasteiger partial charge on any atom is 0.339 e. The van der Waals surface area contributed by atoms with E-state index in [1.807, 2.05) is 0 Å². The number of nitro groups is 1. The molecule has 0 unspecified atom stereocenters. The van der Waals surface area contributed by atoms with Gasteiger partial charge in [0.15, 0.2) is 11.5 Å². The molecule has 3 amide bonds. The van der Waals surface area contributed by atoms with Crippen molar-refractivity contribution in [2.24, 2.45) is 0 Å². The maximum absolute atomic E-state index is 13.0. The van der Waals surface area contributed by atoms with Crippen LogP contribution in [0, 0.1) is 10.1 Å². The molecule has 12 nitrogen and oxygen atoms in total. The number of carbonyl (C=O) groups excluding carboxylic acids is 4. The molecule has 1 heterocycles. The van der Waals surface area contributed by atoms with Gasteiger partial charge in [-0.15, -0.1) is 0 Å². The van der Waals surface area contributed by atoms with E-state index in [9.17, 15) is 29.3 Å². The zero-order valence-corrected chi connectivity index (χ0v) is 24.4. The van der Waals surface area contributed by atoms with Crippen LogP contribution in [-0.4, -0.2) is 53.1 Å². The number of hydrogen-bond acceptors (Lipinski definition) is 10. The summed E-state index contributed by atoms with van der Waals surface area (Å²) in [5.41, 5.74) is 1.53. The first-order valence-electron chi connectivity index (χ1n) is 12.7. The van der Waals surface area contributed by atoms with Gasteiger partial charge in [0.1, 0.15) is 13.2 Å². The fourth-order valence-corrected chi connectivity index (χ4v) is 4.90. The van der Waals surface area contributed by atoms with Crippen molar-refractivity contribution in [3.63, 3.8) is 0 Å². The minimum atomic E-state index is -0.656. The van der Waals surface area contributed by atoms with Crippen LogP contribution in [0.3, 0.4) is 0 Å². The van der Waals surface area contributed by atoms with Crippen LogP contribution in [0.25, 0.3) is 6.08 Å². The lowest BCUT2D eigenvalue weighted by molar-refractivity contribution is -0.384. The van der Waals surface area contributed by atoms with Gasteiger partial charge >= 0.3 is 5.97 Å². The smallest absolute Gasteiger partial charge is 0.339 e. The van der Waals surface area contributed by atoms with E-state index in [1.165, 1.54) is 43.5 Å². The van der Waals surface area contributed by atoms with Gasteiger partial charge in [0.05, 0.1) is 34.1 Å². The van der Waals surface area contributed by atoms with Crippen LogP contribution in [0.15, 0.2) is 65.6 Å². The summed E-state index contributed by atoms with van der Waals surface area (Å²) in [6.07, 6.45) is 1.50. The summed E-state index contributed by atoms with van der Waals surface area (Å²) in [6, 6.07) is 15.1. The molecule has 0 radical (unpaired) electrons. The molecule has 3 aromatic rings. The fraction of sp³-hybridized carbons (Fsp3) is 0.172. The summed E-state index contributed by atoms with van der Waals surface area (Å²) < 4.78 is 16.2. The van der Waals surface area contributed by atoms with Gasteiger partial charge in [0, 0.05) is 17.8 Å². The Hall–Kier alpha value is -4.88. The first-order chi connectivity index (χ1) is 20.6. The largest absolute Gasteiger partial charge is 0.493 e. The van der Waals surface area contributed by atoms with Crippen LogP contribution < -0.4 is 14.8 Å². The molecule has 3 aromatic carbocycles. The number of ether oxygens (including phenoxy) is 3. The highest BCUT2D eigenvalue weighted by Crippen LogP contribution is 2.35. The van der Waals surface area contributed by atoms with Gasteiger partial charge < -0.3 is 19.5 Å². The van der Waals surface area contributed by atoms with Gasteiger partial charge in [-0.1, -0.05) is 17.7 Å². The highest BCUT2D eigenvalue weighted by molar-refractivity contribution is 8.18. The summed E-state index contributed by atoms with van der Waals surface area (Å²) in [7, 11) is 1.45. The van der Waals surface area contributed by atoms with Crippen molar-refractivity contribution in [2.75, 3.05) is 25.6 Å². The van der Waals surface area contributed by atoms with E-state index >= 15 is 0 Å². The molecule has 0 aromatic heterocycles. The molecule has 1 aliphatic heterocycles. The van der Waals surface area contributed by atoms with Crippen LogP contribution in [0.4, 0.5) is 16.2 Å². The number of nitrogens with zero attached hydrogens (tertiary/aromatic N) is 2. The van der Waals surface area contributed by atoms with Crippen LogP contribution >= 0.6 is 23.4 Å². The normalized spacial score (nSPS) is 13.7. The van der Waals surface area contributed by atoms with Gasteiger partial charge in [-0.3, -0.25) is 29.4 Å². The number of non-ortho nitro benzene ring substituents is 1. The minimum absolute atomic E-state index is 0.0260. The van der Waals surface area contributed by atoms with E-state index in [-0.39, 0.29) is 40.1 Å². The fourth-order valence-electron chi connectivity index (χ4n) is 3.87. The predicted octanol–water partition coefficient (Wildman–Crippen LogP) is 5.69. The molecule has 1 saturated heterocycles. The van der Waals surface area contributed by atoms with E-state index in [0.717, 1.165) is 4.90 Å². The number of nitrogens with one attached hydrogen (secondary N) is 1. The number of carbonyl (C=O) groups is 4. The zero-order chi connectivity index (χ0) is 31.1. The molecule has 1 aliphatic rings. The second kappa shape index (κ2) is 13.9. The zero-order valence-electron chi connectivity index (χ0n) is 22.8.